The summed E-state index contributed by atoms with van der Waals surface area (Å²) in [6, 6.07) is 1.92. The predicted molar refractivity (Wildman–Crippen MR) is 110 cm³/mol. The van der Waals surface area contributed by atoms with Crippen LogP contribution in [-0.4, -0.2) is 48.1 Å². The van der Waals surface area contributed by atoms with Gasteiger partial charge in [0.25, 0.3) is 0 Å². The van der Waals surface area contributed by atoms with E-state index in [1.54, 1.807) is 20.2 Å². The summed E-state index contributed by atoms with van der Waals surface area (Å²) in [6.45, 7) is 7.59. The Hall–Kier alpha value is -1.52. The number of hydrogen-bond acceptors (Lipinski definition) is 4. The molecule has 0 aliphatic heterocycles. The van der Waals surface area contributed by atoms with E-state index in [9.17, 15) is 4.79 Å². The topological polar surface area (TPSA) is 92.6 Å². The van der Waals surface area contributed by atoms with Gasteiger partial charge >= 0.3 is 6.09 Å². The fourth-order valence-corrected chi connectivity index (χ4v) is 2.29. The number of ether oxygens (including phenoxy) is 1. The van der Waals surface area contributed by atoms with Crippen LogP contribution >= 0.6 is 24.0 Å². The van der Waals surface area contributed by atoms with Crippen molar-refractivity contribution < 1.29 is 9.53 Å². The molecule has 144 valence electrons. The maximum Gasteiger partial charge on any atom is 0.407 e. The normalized spacial score (nSPS) is 12.3. The molecule has 1 atom stereocenters. The van der Waals surface area contributed by atoms with Crippen LogP contribution in [-0.2, 0) is 18.3 Å². The largest absolute Gasteiger partial charge is 0.450 e. The van der Waals surface area contributed by atoms with Gasteiger partial charge in [0.15, 0.2) is 5.96 Å². The second-order valence-electron chi connectivity index (χ2n) is 5.94. The smallest absolute Gasteiger partial charge is 0.407 e. The maximum absolute atomic E-state index is 11.7. The van der Waals surface area contributed by atoms with Crippen molar-refractivity contribution in [3.05, 3.63) is 18.0 Å². The molecule has 0 fully saturated rings. The Bertz CT molecular complexity index is 532. The Morgan fingerprint density at radius 1 is 1.40 bits per heavy atom. The number of hydrogen-bond donors (Lipinski definition) is 3. The van der Waals surface area contributed by atoms with Crippen molar-refractivity contribution in [1.82, 2.24) is 25.7 Å². The van der Waals surface area contributed by atoms with Crippen molar-refractivity contribution >= 4 is 36.0 Å². The number of aromatic nitrogens is 2. The van der Waals surface area contributed by atoms with E-state index in [2.05, 4.69) is 39.9 Å². The van der Waals surface area contributed by atoms with Crippen LogP contribution in [0, 0.1) is 5.92 Å². The highest BCUT2D eigenvalue weighted by molar-refractivity contribution is 14.0. The number of carbonyl (C=O) groups is 1. The summed E-state index contributed by atoms with van der Waals surface area (Å²) in [5, 5.41) is 13.5. The minimum Gasteiger partial charge on any atom is -0.450 e. The zero-order chi connectivity index (χ0) is 17.9. The molecular weight excluding hydrogens is 435 g/mol. The van der Waals surface area contributed by atoms with E-state index in [1.807, 2.05) is 17.8 Å². The van der Waals surface area contributed by atoms with E-state index in [4.69, 9.17) is 4.74 Å². The lowest BCUT2D eigenvalue weighted by Gasteiger charge is -2.22. The number of carbonyl (C=O) groups excluding carboxylic acids is 1. The van der Waals surface area contributed by atoms with Crippen LogP contribution in [0.15, 0.2) is 17.3 Å². The Morgan fingerprint density at radius 3 is 2.64 bits per heavy atom. The van der Waals surface area contributed by atoms with Gasteiger partial charge in [-0.05, 0) is 25.3 Å². The highest BCUT2D eigenvalue weighted by Crippen LogP contribution is 2.04. The molecule has 0 radical (unpaired) electrons. The molecule has 1 unspecified atom stereocenters. The van der Waals surface area contributed by atoms with Gasteiger partial charge in [0.1, 0.15) is 0 Å². The van der Waals surface area contributed by atoms with Crippen LogP contribution < -0.4 is 16.0 Å². The number of rotatable bonds is 8. The minimum absolute atomic E-state index is 0. The third-order valence-corrected chi connectivity index (χ3v) is 3.45. The molecule has 0 saturated heterocycles. The zero-order valence-electron chi connectivity index (χ0n) is 15.7. The van der Waals surface area contributed by atoms with Gasteiger partial charge in [-0.2, -0.15) is 5.10 Å². The minimum atomic E-state index is -0.386. The van der Waals surface area contributed by atoms with E-state index in [0.717, 1.165) is 12.1 Å². The molecule has 1 amide bonds. The molecule has 0 aliphatic carbocycles. The maximum atomic E-state index is 11.7. The van der Waals surface area contributed by atoms with E-state index in [1.165, 1.54) is 0 Å². The van der Waals surface area contributed by atoms with Crippen LogP contribution in [0.5, 0.6) is 0 Å². The summed E-state index contributed by atoms with van der Waals surface area (Å²) in [5.41, 5.74) is 1.06. The van der Waals surface area contributed by atoms with Gasteiger partial charge in [-0.1, -0.05) is 13.8 Å². The molecule has 0 aliphatic rings. The molecule has 1 aromatic rings. The average Bonchev–Trinajstić information content (AvgIpc) is 2.92. The van der Waals surface area contributed by atoms with Gasteiger partial charge < -0.3 is 20.7 Å². The lowest BCUT2D eigenvalue weighted by Crippen LogP contribution is -2.47. The van der Waals surface area contributed by atoms with Crippen molar-refractivity contribution in [3.8, 4) is 0 Å². The molecule has 0 bridgehead atoms. The molecule has 0 aromatic carbocycles. The molecule has 0 spiro atoms. The van der Waals surface area contributed by atoms with Crippen LogP contribution in [0.2, 0.25) is 0 Å². The van der Waals surface area contributed by atoms with Crippen LogP contribution in [0.4, 0.5) is 4.79 Å². The number of halogens is 1. The number of nitrogens with one attached hydrogen (secondary N) is 3. The molecule has 25 heavy (non-hydrogen) atoms. The van der Waals surface area contributed by atoms with Gasteiger partial charge in [0.05, 0.1) is 18.8 Å². The first-order valence-electron chi connectivity index (χ1n) is 8.30. The van der Waals surface area contributed by atoms with E-state index in [0.29, 0.717) is 31.6 Å². The van der Waals surface area contributed by atoms with E-state index in [-0.39, 0.29) is 36.1 Å². The van der Waals surface area contributed by atoms with E-state index >= 15 is 0 Å². The Kier molecular flexibility index (Phi) is 12.0. The van der Waals surface area contributed by atoms with Gasteiger partial charge in [0, 0.05) is 32.9 Å². The molecule has 0 saturated carbocycles. The first-order valence-corrected chi connectivity index (χ1v) is 8.30. The third kappa shape index (κ3) is 9.51. The summed E-state index contributed by atoms with van der Waals surface area (Å²) < 4.78 is 6.77. The molecule has 8 nitrogen and oxygen atoms in total. The van der Waals surface area contributed by atoms with Gasteiger partial charge in [-0.3, -0.25) is 9.67 Å². The second-order valence-corrected chi connectivity index (χ2v) is 5.94. The number of nitrogens with zero attached hydrogens (tertiary/aromatic N) is 3. The fourth-order valence-electron chi connectivity index (χ4n) is 2.29. The Balaban J connectivity index is 0.00000576. The van der Waals surface area contributed by atoms with Crippen LogP contribution in [0.1, 0.15) is 32.9 Å². The number of guanidine groups is 1. The van der Waals surface area contributed by atoms with Crippen molar-refractivity contribution in [2.45, 2.75) is 39.8 Å². The molecule has 1 aromatic heterocycles. The standard InChI is InChI=1S/C16H30N6O2.HI/c1-6-24-16(23)21-13(9-12(2)3)10-18-15(17-4)19-11-14-7-8-20-22(14)5;/h7-8,12-13H,6,9-11H2,1-5H3,(H,21,23)(H2,17,18,19);1H. The lowest BCUT2D eigenvalue weighted by molar-refractivity contribution is 0.146. The van der Waals surface area contributed by atoms with Gasteiger partial charge in [-0.25, -0.2) is 4.79 Å². The first kappa shape index (κ1) is 23.5. The monoisotopic (exact) mass is 466 g/mol. The van der Waals surface area contributed by atoms with Gasteiger partial charge in [0.2, 0.25) is 0 Å². The summed E-state index contributed by atoms with van der Waals surface area (Å²) in [6.07, 6.45) is 2.22. The lowest BCUT2D eigenvalue weighted by atomic mass is 10.0. The first-order chi connectivity index (χ1) is 11.5. The Morgan fingerprint density at radius 2 is 2.12 bits per heavy atom. The average molecular weight is 466 g/mol. The highest BCUT2D eigenvalue weighted by atomic mass is 127. The van der Waals surface area contributed by atoms with Crippen molar-refractivity contribution in [2.24, 2.45) is 18.0 Å². The van der Waals surface area contributed by atoms with Crippen molar-refractivity contribution in [2.75, 3.05) is 20.2 Å². The van der Waals surface area contributed by atoms with Crippen molar-refractivity contribution in [1.29, 1.82) is 0 Å². The predicted octanol–water partition coefficient (Wildman–Crippen LogP) is 1.86. The number of alkyl carbamates (subject to hydrolysis) is 1. The summed E-state index contributed by atoms with van der Waals surface area (Å²) >= 11 is 0. The third-order valence-electron chi connectivity index (χ3n) is 3.45. The number of amides is 1. The highest BCUT2D eigenvalue weighted by Gasteiger charge is 2.15. The SMILES string of the molecule is CCOC(=O)NC(CNC(=NC)NCc1ccnn1C)CC(C)C.I. The number of aryl methyl sites for hydroxylation is 1. The quantitative estimate of drug-likeness (QED) is 0.309. The van der Waals surface area contributed by atoms with Crippen LogP contribution in [0.25, 0.3) is 0 Å². The molecule has 1 heterocycles. The molecular formula is C16H31IN6O2. The number of aliphatic imine (C=N–C) groups is 1. The van der Waals surface area contributed by atoms with Crippen molar-refractivity contribution in [3.63, 3.8) is 0 Å². The molecule has 3 N–H and O–H groups in total. The second kappa shape index (κ2) is 12.8. The molecule has 1 rings (SSSR count). The van der Waals surface area contributed by atoms with Crippen LogP contribution in [0.3, 0.4) is 0 Å². The zero-order valence-corrected chi connectivity index (χ0v) is 18.0. The van der Waals surface area contributed by atoms with Gasteiger partial charge in [-0.15, -0.1) is 24.0 Å². The fraction of sp³-hybridized carbons (Fsp3) is 0.688. The summed E-state index contributed by atoms with van der Waals surface area (Å²) in [7, 11) is 3.62. The Labute approximate surface area is 167 Å². The summed E-state index contributed by atoms with van der Waals surface area (Å²) in [5.74, 6) is 1.14. The van der Waals surface area contributed by atoms with E-state index < -0.39 is 0 Å². The summed E-state index contributed by atoms with van der Waals surface area (Å²) in [4.78, 5) is 15.9. The molecule has 9 heteroatoms.